The minimum Gasteiger partial charge on any atom is -0.497 e. The van der Waals surface area contributed by atoms with Gasteiger partial charge in [0.15, 0.2) is 0 Å². The molecule has 0 radical (unpaired) electrons. The number of benzene rings is 2. The zero-order chi connectivity index (χ0) is 20.0. The quantitative estimate of drug-likeness (QED) is 0.719. The van der Waals surface area contributed by atoms with E-state index in [1.165, 1.54) is 19.2 Å². The summed E-state index contributed by atoms with van der Waals surface area (Å²) in [5, 5.41) is 2.92. The first-order valence-electron chi connectivity index (χ1n) is 8.85. The Labute approximate surface area is 161 Å². The Morgan fingerprint density at radius 3 is 2.41 bits per heavy atom. The van der Waals surface area contributed by atoms with Crippen LogP contribution in [0.25, 0.3) is 0 Å². The third-order valence-electron chi connectivity index (χ3n) is 4.21. The summed E-state index contributed by atoms with van der Waals surface area (Å²) >= 11 is 0. The van der Waals surface area contributed by atoms with Gasteiger partial charge in [0.2, 0.25) is 0 Å². The van der Waals surface area contributed by atoms with Crippen LogP contribution in [0, 0.1) is 6.92 Å². The average molecular weight is 391 g/mol. The number of hydrogen-bond donors (Lipinski definition) is 2. The van der Waals surface area contributed by atoms with Crippen LogP contribution in [-0.4, -0.2) is 27.5 Å². The van der Waals surface area contributed by atoms with Crippen molar-refractivity contribution in [3.05, 3.63) is 53.6 Å². The summed E-state index contributed by atoms with van der Waals surface area (Å²) in [6, 6.07) is 11.1. The highest BCUT2D eigenvalue weighted by Crippen LogP contribution is 2.23. The van der Waals surface area contributed by atoms with Gasteiger partial charge >= 0.3 is 0 Å². The molecule has 0 aromatic heterocycles. The van der Waals surface area contributed by atoms with Crippen molar-refractivity contribution in [2.75, 3.05) is 11.8 Å². The first-order valence-corrected chi connectivity index (χ1v) is 10.3. The lowest BCUT2D eigenvalue weighted by molar-refractivity contribution is 0.0938. The van der Waals surface area contributed by atoms with Gasteiger partial charge in [0.1, 0.15) is 5.75 Å². The molecule has 0 aliphatic heterocycles. The summed E-state index contributed by atoms with van der Waals surface area (Å²) in [4.78, 5) is 12.5. The van der Waals surface area contributed by atoms with Gasteiger partial charge in [-0.25, -0.2) is 8.42 Å². The first-order chi connectivity index (χ1) is 12.8. The SMILES string of the molecule is CCC[C@H](C)NC(=O)c1ccc(C)c(NS(=O)(=O)c2ccc(OC)cc2)c1. The molecule has 2 rings (SSSR count). The van der Waals surface area contributed by atoms with E-state index in [0.717, 1.165) is 18.4 Å². The van der Waals surface area contributed by atoms with Crippen molar-refractivity contribution in [1.29, 1.82) is 0 Å². The highest BCUT2D eigenvalue weighted by molar-refractivity contribution is 7.92. The Balaban J connectivity index is 2.23. The van der Waals surface area contributed by atoms with Gasteiger partial charge in [-0.2, -0.15) is 0 Å². The molecule has 0 heterocycles. The van der Waals surface area contributed by atoms with Crippen LogP contribution in [0.5, 0.6) is 5.75 Å². The molecule has 2 aromatic carbocycles. The minimum atomic E-state index is -3.77. The second-order valence-corrected chi connectivity index (χ2v) is 8.16. The lowest BCUT2D eigenvalue weighted by atomic mass is 10.1. The van der Waals surface area contributed by atoms with Gasteiger partial charge in [0, 0.05) is 11.6 Å². The van der Waals surface area contributed by atoms with Crippen LogP contribution in [0.2, 0.25) is 0 Å². The molecule has 27 heavy (non-hydrogen) atoms. The van der Waals surface area contributed by atoms with Gasteiger partial charge in [-0.3, -0.25) is 9.52 Å². The van der Waals surface area contributed by atoms with E-state index in [1.54, 1.807) is 37.3 Å². The fourth-order valence-corrected chi connectivity index (χ4v) is 3.77. The lowest BCUT2D eigenvalue weighted by Gasteiger charge is -2.15. The monoisotopic (exact) mass is 390 g/mol. The number of hydrogen-bond acceptors (Lipinski definition) is 4. The van der Waals surface area contributed by atoms with Gasteiger partial charge in [0.25, 0.3) is 15.9 Å². The van der Waals surface area contributed by atoms with Crippen LogP contribution in [0.15, 0.2) is 47.4 Å². The molecule has 0 fully saturated rings. The van der Waals surface area contributed by atoms with E-state index < -0.39 is 10.0 Å². The highest BCUT2D eigenvalue weighted by atomic mass is 32.2. The number of aryl methyl sites for hydroxylation is 1. The summed E-state index contributed by atoms with van der Waals surface area (Å²) < 4.78 is 32.9. The van der Waals surface area contributed by atoms with Crippen LogP contribution in [0.3, 0.4) is 0 Å². The Hall–Kier alpha value is -2.54. The van der Waals surface area contributed by atoms with E-state index in [1.807, 2.05) is 6.92 Å². The van der Waals surface area contributed by atoms with E-state index in [-0.39, 0.29) is 16.8 Å². The number of nitrogens with one attached hydrogen (secondary N) is 2. The van der Waals surface area contributed by atoms with Crippen molar-refractivity contribution in [1.82, 2.24) is 5.32 Å². The van der Waals surface area contributed by atoms with Gasteiger partial charge < -0.3 is 10.1 Å². The average Bonchev–Trinajstić information content (AvgIpc) is 2.63. The van der Waals surface area contributed by atoms with Crippen LogP contribution in [-0.2, 0) is 10.0 Å². The van der Waals surface area contributed by atoms with Gasteiger partial charge in [0.05, 0.1) is 17.7 Å². The van der Waals surface area contributed by atoms with Crippen LogP contribution >= 0.6 is 0 Å². The van der Waals surface area contributed by atoms with Crippen molar-refractivity contribution in [2.45, 2.75) is 44.6 Å². The Kier molecular flexibility index (Phi) is 6.85. The van der Waals surface area contributed by atoms with Crippen molar-refractivity contribution in [2.24, 2.45) is 0 Å². The fourth-order valence-electron chi connectivity index (χ4n) is 2.64. The van der Waals surface area contributed by atoms with Crippen LogP contribution in [0.1, 0.15) is 42.6 Å². The summed E-state index contributed by atoms with van der Waals surface area (Å²) in [6.07, 6.45) is 1.86. The summed E-state index contributed by atoms with van der Waals surface area (Å²) in [6.45, 7) is 5.79. The molecular formula is C20H26N2O4S. The van der Waals surface area contributed by atoms with Crippen molar-refractivity contribution < 1.29 is 17.9 Å². The standard InChI is InChI=1S/C20H26N2O4S/c1-5-6-15(3)21-20(23)16-8-7-14(2)19(13-16)22-27(24,25)18-11-9-17(26-4)10-12-18/h7-13,15,22H,5-6H2,1-4H3,(H,21,23)/t15-/m0/s1. The fraction of sp³-hybridized carbons (Fsp3) is 0.350. The number of rotatable bonds is 8. The predicted molar refractivity (Wildman–Crippen MR) is 107 cm³/mol. The molecule has 2 N–H and O–H groups in total. The molecule has 6 nitrogen and oxygen atoms in total. The van der Waals surface area contributed by atoms with E-state index in [4.69, 9.17) is 4.74 Å². The van der Waals surface area contributed by atoms with Crippen molar-refractivity contribution in [3.63, 3.8) is 0 Å². The molecule has 0 bridgehead atoms. The smallest absolute Gasteiger partial charge is 0.261 e. The Bertz CT molecular complexity index is 893. The van der Waals surface area contributed by atoms with Crippen LogP contribution in [0.4, 0.5) is 5.69 Å². The van der Waals surface area contributed by atoms with Crippen molar-refractivity contribution in [3.8, 4) is 5.75 Å². The number of carbonyl (C=O) groups is 1. The molecule has 0 aliphatic carbocycles. The molecule has 1 atom stereocenters. The molecular weight excluding hydrogens is 364 g/mol. The van der Waals surface area contributed by atoms with Gasteiger partial charge in [-0.15, -0.1) is 0 Å². The second kappa shape index (κ2) is 8.90. The lowest BCUT2D eigenvalue weighted by Crippen LogP contribution is -2.32. The van der Waals surface area contributed by atoms with E-state index in [2.05, 4.69) is 17.0 Å². The predicted octanol–water partition coefficient (Wildman–Crippen LogP) is 3.72. The third kappa shape index (κ3) is 5.47. The van der Waals surface area contributed by atoms with Crippen LogP contribution < -0.4 is 14.8 Å². The topological polar surface area (TPSA) is 84.5 Å². The maximum Gasteiger partial charge on any atom is 0.261 e. The largest absolute Gasteiger partial charge is 0.497 e. The van der Waals surface area contributed by atoms with Gasteiger partial charge in [-0.1, -0.05) is 19.4 Å². The first kappa shape index (κ1) is 20.8. The Morgan fingerprint density at radius 2 is 1.81 bits per heavy atom. The Morgan fingerprint density at radius 1 is 1.15 bits per heavy atom. The summed E-state index contributed by atoms with van der Waals surface area (Å²) in [5.74, 6) is 0.353. The molecule has 0 saturated heterocycles. The van der Waals surface area contributed by atoms with E-state index >= 15 is 0 Å². The molecule has 146 valence electrons. The normalized spacial score (nSPS) is 12.3. The zero-order valence-electron chi connectivity index (χ0n) is 16.1. The van der Waals surface area contributed by atoms with E-state index in [0.29, 0.717) is 17.0 Å². The summed E-state index contributed by atoms with van der Waals surface area (Å²) in [5.41, 5.74) is 1.52. The number of sulfonamides is 1. The zero-order valence-corrected chi connectivity index (χ0v) is 16.9. The molecule has 0 unspecified atom stereocenters. The van der Waals surface area contributed by atoms with Gasteiger partial charge in [-0.05, 0) is 62.2 Å². The number of amides is 1. The summed E-state index contributed by atoms with van der Waals surface area (Å²) in [7, 11) is -2.26. The minimum absolute atomic E-state index is 0.0586. The number of methoxy groups -OCH3 is 1. The molecule has 0 spiro atoms. The number of ether oxygens (including phenoxy) is 1. The molecule has 0 aliphatic rings. The third-order valence-corrected chi connectivity index (χ3v) is 5.59. The molecule has 1 amide bonds. The highest BCUT2D eigenvalue weighted by Gasteiger charge is 2.17. The molecule has 0 saturated carbocycles. The van der Waals surface area contributed by atoms with Crippen molar-refractivity contribution >= 4 is 21.6 Å². The molecule has 2 aromatic rings. The number of anilines is 1. The van der Waals surface area contributed by atoms with E-state index in [9.17, 15) is 13.2 Å². The maximum atomic E-state index is 12.6. The number of carbonyl (C=O) groups excluding carboxylic acids is 1. The molecule has 7 heteroatoms. The maximum absolute atomic E-state index is 12.6. The second-order valence-electron chi connectivity index (χ2n) is 6.47.